The van der Waals surface area contributed by atoms with Gasteiger partial charge in [-0.05, 0) is 56.4 Å². The lowest BCUT2D eigenvalue weighted by molar-refractivity contribution is -0.438. The first-order chi connectivity index (χ1) is 21.1. The zero-order chi connectivity index (χ0) is 33.0. The standard InChI is InChI=1S/C37H46N3O5/c1-22(2)15-17-38-28-14-13-24(45-9)19-27(28)36(5,6)31(38)20-25-34(41)26(35(25)42)21-32-37(7,8)33-29(39(32)18-16-23(3)4)11-10-12-30(33)40(43)44/h10-14,19-23,32H,15-18H2,1-9H3/q+1. The summed E-state index contributed by atoms with van der Waals surface area (Å²) in [5.74, 6) is 1.67. The summed E-state index contributed by atoms with van der Waals surface area (Å²) in [4.78, 5) is 41.5. The molecule has 0 N–H and O–H groups in total. The molecule has 0 saturated carbocycles. The van der Waals surface area contributed by atoms with Crippen molar-refractivity contribution in [3.05, 3.63) is 88.5 Å². The topological polar surface area (TPSA) is 92.8 Å². The van der Waals surface area contributed by atoms with E-state index in [1.165, 1.54) is 6.07 Å². The highest BCUT2D eigenvalue weighted by Gasteiger charge is 2.48. The monoisotopic (exact) mass is 612 g/mol. The second-order valence-electron chi connectivity index (χ2n) is 14.5. The molecule has 8 heteroatoms. The van der Waals surface area contributed by atoms with Crippen LogP contribution in [0.4, 0.5) is 17.1 Å². The molecule has 1 atom stereocenters. The molecule has 0 radical (unpaired) electrons. The van der Waals surface area contributed by atoms with Crippen molar-refractivity contribution in [1.82, 2.24) is 0 Å². The van der Waals surface area contributed by atoms with Crippen LogP contribution in [0.5, 0.6) is 5.75 Å². The van der Waals surface area contributed by atoms with E-state index in [9.17, 15) is 19.7 Å². The number of rotatable bonds is 10. The number of nitro groups is 1. The third-order valence-corrected chi connectivity index (χ3v) is 9.81. The van der Waals surface area contributed by atoms with Crippen LogP contribution in [-0.4, -0.2) is 41.5 Å². The van der Waals surface area contributed by atoms with Crippen molar-refractivity contribution in [2.45, 2.75) is 85.1 Å². The molecular formula is C37H46N3O5+. The average molecular weight is 613 g/mol. The van der Waals surface area contributed by atoms with Crippen molar-refractivity contribution in [1.29, 1.82) is 0 Å². The minimum Gasteiger partial charge on any atom is -0.497 e. The third-order valence-electron chi connectivity index (χ3n) is 9.81. The smallest absolute Gasteiger partial charge is 0.275 e. The zero-order valence-corrected chi connectivity index (χ0v) is 28.1. The normalized spacial score (nSPS) is 18.1. The van der Waals surface area contributed by atoms with E-state index in [-0.39, 0.29) is 37.9 Å². The quantitative estimate of drug-likeness (QED) is 0.180. The van der Waals surface area contributed by atoms with Gasteiger partial charge < -0.3 is 9.64 Å². The van der Waals surface area contributed by atoms with Gasteiger partial charge in [0.25, 0.3) is 5.69 Å². The third kappa shape index (κ3) is 5.42. The lowest BCUT2D eigenvalue weighted by Gasteiger charge is -2.32. The van der Waals surface area contributed by atoms with Crippen LogP contribution in [0, 0.1) is 22.0 Å². The van der Waals surface area contributed by atoms with Crippen LogP contribution >= 0.6 is 0 Å². The summed E-state index contributed by atoms with van der Waals surface area (Å²) in [6, 6.07) is 10.8. The average Bonchev–Trinajstić information content (AvgIpc) is 3.33. The Hall–Kier alpha value is -4.07. The highest BCUT2D eigenvalue weighted by Crippen LogP contribution is 2.50. The summed E-state index contributed by atoms with van der Waals surface area (Å²) < 4.78 is 7.77. The summed E-state index contributed by atoms with van der Waals surface area (Å²) in [5, 5.41) is 12.4. The minimum atomic E-state index is -0.695. The van der Waals surface area contributed by atoms with Gasteiger partial charge in [-0.25, -0.2) is 0 Å². The number of hydrogen-bond donors (Lipinski definition) is 0. The maximum atomic E-state index is 13.8. The van der Waals surface area contributed by atoms with Crippen LogP contribution in [0.25, 0.3) is 12.2 Å². The minimum absolute atomic E-state index is 0.0670. The summed E-state index contributed by atoms with van der Waals surface area (Å²) in [7, 11) is 1.65. The van der Waals surface area contributed by atoms with E-state index in [4.69, 9.17) is 4.74 Å². The molecule has 8 nitrogen and oxygen atoms in total. The van der Waals surface area contributed by atoms with Crippen LogP contribution in [0.2, 0.25) is 0 Å². The first-order valence-corrected chi connectivity index (χ1v) is 16.0. The van der Waals surface area contributed by atoms with E-state index >= 15 is 0 Å². The molecule has 0 aromatic heterocycles. The van der Waals surface area contributed by atoms with Crippen LogP contribution in [0.1, 0.15) is 79.4 Å². The highest BCUT2D eigenvalue weighted by atomic mass is 16.6. The summed E-state index contributed by atoms with van der Waals surface area (Å²) in [6.45, 7) is 18.3. The van der Waals surface area contributed by atoms with Gasteiger partial charge in [-0.2, -0.15) is 4.58 Å². The second-order valence-corrected chi connectivity index (χ2v) is 14.5. The predicted octanol–water partition coefficient (Wildman–Crippen LogP) is 5.10. The van der Waals surface area contributed by atoms with E-state index < -0.39 is 10.8 Å². The van der Waals surface area contributed by atoms with E-state index in [2.05, 4.69) is 57.1 Å². The molecule has 0 amide bonds. The molecular weight excluding hydrogens is 566 g/mol. The number of nitro benzene ring substituents is 1. The molecule has 3 aromatic rings. The highest BCUT2D eigenvalue weighted by molar-refractivity contribution is 6.15. The fraction of sp³-hybridized carbons (Fsp3) is 0.486. The predicted molar refractivity (Wildman–Crippen MR) is 182 cm³/mol. The maximum Gasteiger partial charge on any atom is 0.275 e. The van der Waals surface area contributed by atoms with E-state index in [1.54, 1.807) is 25.3 Å². The van der Waals surface area contributed by atoms with Crippen molar-refractivity contribution in [2.24, 2.45) is 11.8 Å². The number of hydrogen-bond acceptors (Lipinski definition) is 6. The molecule has 0 spiro atoms. The van der Waals surface area contributed by atoms with Crippen LogP contribution in [-0.2, 0) is 10.8 Å². The molecule has 238 valence electrons. The first-order valence-electron chi connectivity index (χ1n) is 16.0. The summed E-state index contributed by atoms with van der Waals surface area (Å²) >= 11 is 0. The molecule has 3 aromatic carbocycles. The SMILES string of the molecule is COc1ccc2c(c1)C(C)(C)C(C=c1c(=O)c(=CC3N(CCC(C)C)c4cccc([N+](=O)[O-])c4C3(C)C)c1=O)=[N+]2CCC(C)C. The Balaban J connectivity index is 1.65. The number of fused-ring (bicyclic) bond motifs is 2. The molecule has 0 bridgehead atoms. The molecule has 0 saturated heterocycles. The Labute approximate surface area is 265 Å². The van der Waals surface area contributed by atoms with Gasteiger partial charge in [0.1, 0.15) is 12.3 Å². The molecule has 1 unspecified atom stereocenters. The van der Waals surface area contributed by atoms with Crippen molar-refractivity contribution >= 4 is 34.9 Å². The van der Waals surface area contributed by atoms with Crippen molar-refractivity contribution in [2.75, 3.05) is 25.1 Å². The van der Waals surface area contributed by atoms with Gasteiger partial charge in [-0.1, -0.05) is 47.6 Å². The number of anilines is 1. The second kappa shape index (κ2) is 11.7. The molecule has 0 fully saturated rings. The van der Waals surface area contributed by atoms with Gasteiger partial charge in [-0.3, -0.25) is 19.7 Å². The number of ether oxygens (including phenoxy) is 1. The molecule has 0 aliphatic carbocycles. The number of benzene rings is 2. The Morgan fingerprint density at radius 1 is 1.00 bits per heavy atom. The van der Waals surface area contributed by atoms with Gasteiger partial charge in [0.2, 0.25) is 16.5 Å². The summed E-state index contributed by atoms with van der Waals surface area (Å²) in [6.07, 6.45) is 5.39. The largest absolute Gasteiger partial charge is 0.497 e. The van der Waals surface area contributed by atoms with Gasteiger partial charge >= 0.3 is 0 Å². The van der Waals surface area contributed by atoms with Crippen LogP contribution in [0.3, 0.4) is 0 Å². The number of nitrogens with zero attached hydrogens (tertiary/aromatic N) is 3. The van der Waals surface area contributed by atoms with E-state index in [0.29, 0.717) is 23.9 Å². The molecule has 2 aliphatic heterocycles. The Kier molecular flexibility index (Phi) is 8.40. The van der Waals surface area contributed by atoms with E-state index in [1.807, 2.05) is 32.0 Å². The fourth-order valence-electron chi connectivity index (χ4n) is 7.10. The zero-order valence-electron chi connectivity index (χ0n) is 28.1. The lowest BCUT2D eigenvalue weighted by atomic mass is 9.79. The Morgan fingerprint density at radius 3 is 2.27 bits per heavy atom. The number of methoxy groups -OCH3 is 1. The summed E-state index contributed by atoms with van der Waals surface area (Å²) in [5.41, 5.74) is 2.90. The van der Waals surface area contributed by atoms with Crippen LogP contribution < -0.4 is 30.9 Å². The van der Waals surface area contributed by atoms with Gasteiger partial charge in [0, 0.05) is 47.8 Å². The first kappa shape index (κ1) is 32.3. The van der Waals surface area contributed by atoms with Gasteiger partial charge in [0.15, 0.2) is 5.71 Å². The Morgan fingerprint density at radius 2 is 1.67 bits per heavy atom. The lowest BCUT2D eigenvalue weighted by Crippen LogP contribution is -2.66. The molecule has 2 aliphatic rings. The molecule has 5 rings (SSSR count). The molecule has 2 heterocycles. The van der Waals surface area contributed by atoms with Crippen molar-refractivity contribution in [3.63, 3.8) is 0 Å². The fourth-order valence-corrected chi connectivity index (χ4v) is 7.10. The van der Waals surface area contributed by atoms with Gasteiger partial charge in [-0.15, -0.1) is 0 Å². The Bertz CT molecular complexity index is 1860. The van der Waals surface area contributed by atoms with Crippen LogP contribution in [0.15, 0.2) is 46.0 Å². The maximum absolute atomic E-state index is 13.8. The van der Waals surface area contributed by atoms with Gasteiger partial charge in [0.05, 0.1) is 39.5 Å². The molecule has 45 heavy (non-hydrogen) atoms. The van der Waals surface area contributed by atoms with E-state index in [0.717, 1.165) is 47.8 Å². The van der Waals surface area contributed by atoms with Crippen molar-refractivity contribution < 1.29 is 14.2 Å². The van der Waals surface area contributed by atoms with Crippen molar-refractivity contribution in [3.8, 4) is 5.75 Å².